The number of ether oxygens (including phenoxy) is 2. The van der Waals surface area contributed by atoms with Crippen molar-refractivity contribution in [2.45, 2.75) is 64.0 Å². The summed E-state index contributed by atoms with van der Waals surface area (Å²) in [4.78, 5) is 30.4. The number of carbonyl (C=O) groups is 2. The molecule has 1 N–H and O–H groups in total. The summed E-state index contributed by atoms with van der Waals surface area (Å²) in [5, 5.41) is 3.96. The van der Waals surface area contributed by atoms with Crippen LogP contribution in [0.1, 0.15) is 48.4 Å². The second-order valence-electron chi connectivity index (χ2n) is 12.7. The molecule has 2 fully saturated rings. The molecule has 6 rings (SSSR count). The smallest absolute Gasteiger partial charge is 0.417 e. The van der Waals surface area contributed by atoms with Gasteiger partial charge in [0.05, 0.1) is 26.7 Å². The third-order valence-corrected chi connectivity index (χ3v) is 10.0. The minimum atomic E-state index is -4.62. The van der Waals surface area contributed by atoms with Gasteiger partial charge in [-0.05, 0) is 78.8 Å². The molecule has 260 valence electrons. The highest BCUT2D eigenvalue weighted by atomic mass is 35.5. The summed E-state index contributed by atoms with van der Waals surface area (Å²) in [7, 11) is 0. The van der Waals surface area contributed by atoms with Crippen LogP contribution in [0.4, 0.5) is 13.2 Å². The zero-order valence-electron chi connectivity index (χ0n) is 26.9. The van der Waals surface area contributed by atoms with Crippen molar-refractivity contribution in [1.29, 1.82) is 0 Å². The number of piperazine rings is 1. The standard InChI is InChI=1S/C36H35Cl3F3N3O4/c1-20-14-29(37)34(30(38)15-20)49-13-12-48-26-10-6-22(7-11-26)27-16-24-18-44(21(2)46)19-31(43-24)32(27)35(47)45(25-8-9-25)17-23-4-3-5-28(33(23)39)36(40,41)42/h3-7,10-11,14-15,24-25,31,43H,8-9,12-13,16-19H2,1-2H3/t24-,31-/m1/s1. The van der Waals surface area contributed by atoms with E-state index in [4.69, 9.17) is 44.3 Å². The molecule has 3 aliphatic rings. The molecule has 3 aromatic rings. The van der Waals surface area contributed by atoms with E-state index in [0.717, 1.165) is 35.6 Å². The fraction of sp³-hybridized carbons (Fsp3) is 0.389. The lowest BCUT2D eigenvalue weighted by Crippen LogP contribution is -2.61. The van der Waals surface area contributed by atoms with Gasteiger partial charge in [0.1, 0.15) is 19.0 Å². The molecular weight excluding hydrogens is 702 g/mol. The van der Waals surface area contributed by atoms with Gasteiger partial charge in [-0.2, -0.15) is 13.2 Å². The van der Waals surface area contributed by atoms with Crippen LogP contribution in [0.5, 0.6) is 11.5 Å². The molecule has 1 saturated heterocycles. The molecule has 0 aromatic heterocycles. The van der Waals surface area contributed by atoms with Crippen LogP contribution in [0.3, 0.4) is 0 Å². The van der Waals surface area contributed by atoms with Gasteiger partial charge < -0.3 is 24.6 Å². The number of fused-ring (bicyclic) bond motifs is 2. The second kappa shape index (κ2) is 14.4. The molecule has 2 atom stereocenters. The third kappa shape index (κ3) is 7.98. The first-order valence-corrected chi connectivity index (χ1v) is 17.2. The lowest BCUT2D eigenvalue weighted by molar-refractivity contribution is -0.137. The Labute approximate surface area is 297 Å². The van der Waals surface area contributed by atoms with Gasteiger partial charge in [0.2, 0.25) is 5.91 Å². The zero-order valence-corrected chi connectivity index (χ0v) is 29.1. The Morgan fingerprint density at radius 3 is 2.29 bits per heavy atom. The SMILES string of the molecule is CC(=O)N1C[C@H]2CC(c3ccc(OCCOc4c(Cl)cc(C)cc4Cl)cc3)=C(C(=O)N(Cc3cccc(C(F)(F)F)c3Cl)C3CC3)[C@@H](C1)N2. The molecular formula is C36H35Cl3F3N3O4. The molecule has 2 aliphatic heterocycles. The Kier molecular flexibility index (Phi) is 10.4. The number of alkyl halides is 3. The number of halogens is 6. The molecule has 0 radical (unpaired) electrons. The minimum absolute atomic E-state index is 0.0660. The van der Waals surface area contributed by atoms with Crippen LogP contribution in [0.15, 0.2) is 60.2 Å². The van der Waals surface area contributed by atoms with Crippen LogP contribution in [0.25, 0.3) is 5.57 Å². The largest absolute Gasteiger partial charge is 0.490 e. The number of amides is 2. The number of nitrogens with one attached hydrogen (secondary N) is 1. The van der Waals surface area contributed by atoms with Crippen molar-refractivity contribution in [3.05, 3.63) is 97.5 Å². The van der Waals surface area contributed by atoms with E-state index in [9.17, 15) is 22.8 Å². The normalized spacial score (nSPS) is 19.1. The maximum Gasteiger partial charge on any atom is 0.417 e. The van der Waals surface area contributed by atoms with Crippen LogP contribution in [0.2, 0.25) is 15.1 Å². The summed E-state index contributed by atoms with van der Waals surface area (Å²) >= 11 is 18.8. The van der Waals surface area contributed by atoms with E-state index >= 15 is 0 Å². The van der Waals surface area contributed by atoms with Crippen LogP contribution in [0, 0.1) is 6.92 Å². The zero-order chi connectivity index (χ0) is 35.0. The molecule has 1 saturated carbocycles. The summed E-state index contributed by atoms with van der Waals surface area (Å²) < 4.78 is 52.6. The van der Waals surface area contributed by atoms with E-state index < -0.39 is 22.8 Å². The minimum Gasteiger partial charge on any atom is -0.490 e. The highest BCUT2D eigenvalue weighted by Crippen LogP contribution is 2.41. The topological polar surface area (TPSA) is 71.1 Å². The molecule has 0 unspecified atom stereocenters. The summed E-state index contributed by atoms with van der Waals surface area (Å²) in [6.45, 7) is 4.57. The molecule has 3 aromatic carbocycles. The van der Waals surface area contributed by atoms with Crippen molar-refractivity contribution in [2.75, 3.05) is 26.3 Å². The number of hydrogen-bond acceptors (Lipinski definition) is 5. The highest BCUT2D eigenvalue weighted by Gasteiger charge is 2.43. The van der Waals surface area contributed by atoms with Crippen LogP contribution in [-0.4, -0.2) is 66.0 Å². The maximum atomic E-state index is 14.6. The summed E-state index contributed by atoms with van der Waals surface area (Å²) in [6, 6.07) is 14.1. The van der Waals surface area contributed by atoms with Gasteiger partial charge in [0.25, 0.3) is 5.91 Å². The Morgan fingerprint density at radius 1 is 0.980 bits per heavy atom. The first kappa shape index (κ1) is 35.4. The first-order chi connectivity index (χ1) is 23.3. The van der Waals surface area contributed by atoms with Gasteiger partial charge in [0.15, 0.2) is 5.75 Å². The van der Waals surface area contributed by atoms with E-state index in [1.807, 2.05) is 31.2 Å². The van der Waals surface area contributed by atoms with E-state index in [-0.39, 0.29) is 49.2 Å². The van der Waals surface area contributed by atoms with Gasteiger partial charge in [-0.1, -0.05) is 59.1 Å². The number of carbonyl (C=O) groups excluding carboxylic acids is 2. The Bertz CT molecular complexity index is 1760. The van der Waals surface area contributed by atoms with Crippen molar-refractivity contribution in [1.82, 2.24) is 15.1 Å². The second-order valence-corrected chi connectivity index (χ2v) is 13.8. The number of nitrogens with zero attached hydrogens (tertiary/aromatic N) is 2. The summed E-state index contributed by atoms with van der Waals surface area (Å²) in [5.74, 6) is 0.627. The molecule has 1 aliphatic carbocycles. The number of aryl methyl sites for hydroxylation is 1. The van der Waals surface area contributed by atoms with Gasteiger partial charge in [0, 0.05) is 44.2 Å². The molecule has 0 spiro atoms. The average Bonchev–Trinajstić information content (AvgIpc) is 3.88. The number of hydrogen-bond donors (Lipinski definition) is 1. The fourth-order valence-electron chi connectivity index (χ4n) is 6.52. The van der Waals surface area contributed by atoms with Crippen molar-refractivity contribution < 1.29 is 32.2 Å². The molecule has 49 heavy (non-hydrogen) atoms. The molecule has 2 heterocycles. The van der Waals surface area contributed by atoms with Gasteiger partial charge >= 0.3 is 6.18 Å². The Hall–Kier alpha value is -3.44. The number of benzene rings is 3. The Morgan fingerprint density at radius 2 is 1.65 bits per heavy atom. The highest BCUT2D eigenvalue weighted by molar-refractivity contribution is 6.37. The van der Waals surface area contributed by atoms with E-state index in [1.165, 1.54) is 19.1 Å². The van der Waals surface area contributed by atoms with Crippen LogP contribution >= 0.6 is 34.8 Å². The first-order valence-electron chi connectivity index (χ1n) is 16.0. The van der Waals surface area contributed by atoms with E-state index in [1.54, 1.807) is 21.9 Å². The third-order valence-electron chi connectivity index (χ3n) is 9.00. The van der Waals surface area contributed by atoms with E-state index in [0.29, 0.717) is 46.6 Å². The summed E-state index contributed by atoms with van der Waals surface area (Å²) in [5.41, 5.74) is 2.38. The van der Waals surface area contributed by atoms with Crippen molar-refractivity contribution >= 4 is 52.2 Å². The predicted octanol–water partition coefficient (Wildman–Crippen LogP) is 7.97. The molecule has 13 heteroatoms. The maximum absolute atomic E-state index is 14.6. The number of rotatable bonds is 10. The van der Waals surface area contributed by atoms with Crippen LogP contribution < -0.4 is 14.8 Å². The lowest BCUT2D eigenvalue weighted by Gasteiger charge is -2.44. The summed E-state index contributed by atoms with van der Waals surface area (Å²) in [6.07, 6.45) is -2.66. The molecule has 2 amide bonds. The average molecular weight is 737 g/mol. The predicted molar refractivity (Wildman–Crippen MR) is 183 cm³/mol. The van der Waals surface area contributed by atoms with Gasteiger partial charge in [-0.15, -0.1) is 0 Å². The van der Waals surface area contributed by atoms with Crippen molar-refractivity contribution in [3.63, 3.8) is 0 Å². The van der Waals surface area contributed by atoms with Gasteiger partial charge in [-0.25, -0.2) is 0 Å². The lowest BCUT2D eigenvalue weighted by atomic mass is 9.82. The monoisotopic (exact) mass is 735 g/mol. The fourth-order valence-corrected chi connectivity index (χ4v) is 7.51. The van der Waals surface area contributed by atoms with Crippen molar-refractivity contribution in [3.8, 4) is 11.5 Å². The van der Waals surface area contributed by atoms with Crippen LogP contribution in [-0.2, 0) is 22.3 Å². The van der Waals surface area contributed by atoms with E-state index in [2.05, 4.69) is 5.32 Å². The molecule has 7 nitrogen and oxygen atoms in total. The van der Waals surface area contributed by atoms with Gasteiger partial charge in [-0.3, -0.25) is 9.59 Å². The van der Waals surface area contributed by atoms with Crippen molar-refractivity contribution in [2.24, 2.45) is 0 Å². The Balaban J connectivity index is 1.25. The molecule has 2 bridgehead atoms. The quantitative estimate of drug-likeness (QED) is 0.214.